The molecule has 7 heteroatoms. The van der Waals surface area contributed by atoms with Gasteiger partial charge in [-0.25, -0.2) is 8.42 Å². The summed E-state index contributed by atoms with van der Waals surface area (Å²) in [6.45, 7) is 0. The molecular formula is C8H5ClN2O3S. The predicted molar refractivity (Wildman–Crippen MR) is 52.8 cm³/mol. The normalized spacial score (nSPS) is 11.5. The third kappa shape index (κ3) is 2.16. The van der Waals surface area contributed by atoms with Crippen molar-refractivity contribution in [1.82, 2.24) is 10.1 Å². The van der Waals surface area contributed by atoms with E-state index in [1.165, 1.54) is 18.5 Å². The molecule has 78 valence electrons. The van der Waals surface area contributed by atoms with Crippen molar-refractivity contribution >= 4 is 19.7 Å². The molecule has 1 heterocycles. The molecule has 0 amide bonds. The molecule has 2 rings (SSSR count). The highest BCUT2D eigenvalue weighted by Crippen LogP contribution is 2.22. The van der Waals surface area contributed by atoms with Crippen LogP contribution < -0.4 is 0 Å². The van der Waals surface area contributed by atoms with Gasteiger partial charge in [0.15, 0.2) is 6.33 Å². The van der Waals surface area contributed by atoms with Crippen LogP contribution in [0.4, 0.5) is 0 Å². The molecular weight excluding hydrogens is 240 g/mol. The van der Waals surface area contributed by atoms with Crippen LogP contribution in [0.1, 0.15) is 0 Å². The maximum Gasteiger partial charge on any atom is 0.261 e. The van der Waals surface area contributed by atoms with Gasteiger partial charge in [-0.2, -0.15) is 4.98 Å². The van der Waals surface area contributed by atoms with Crippen molar-refractivity contribution in [2.45, 2.75) is 4.90 Å². The van der Waals surface area contributed by atoms with Gasteiger partial charge in [-0.15, -0.1) is 0 Å². The van der Waals surface area contributed by atoms with E-state index in [0.717, 1.165) is 0 Å². The average Bonchev–Trinajstić information content (AvgIpc) is 2.69. The number of hydrogen-bond donors (Lipinski definition) is 0. The van der Waals surface area contributed by atoms with Gasteiger partial charge in [0, 0.05) is 16.2 Å². The monoisotopic (exact) mass is 244 g/mol. The molecule has 0 radical (unpaired) electrons. The summed E-state index contributed by atoms with van der Waals surface area (Å²) < 4.78 is 26.9. The molecule has 1 aromatic carbocycles. The highest BCUT2D eigenvalue weighted by molar-refractivity contribution is 8.13. The van der Waals surface area contributed by atoms with Crippen LogP contribution in [0.25, 0.3) is 11.5 Å². The summed E-state index contributed by atoms with van der Waals surface area (Å²) >= 11 is 0. The van der Waals surface area contributed by atoms with E-state index in [0.29, 0.717) is 5.56 Å². The molecule has 0 aliphatic rings. The Morgan fingerprint density at radius 1 is 1.33 bits per heavy atom. The summed E-state index contributed by atoms with van der Waals surface area (Å²) in [6.07, 6.45) is 1.23. The van der Waals surface area contributed by atoms with E-state index in [1.54, 1.807) is 12.1 Å². The summed E-state index contributed by atoms with van der Waals surface area (Å²) in [6, 6.07) is 5.96. The van der Waals surface area contributed by atoms with Crippen LogP contribution >= 0.6 is 10.7 Å². The van der Waals surface area contributed by atoms with E-state index in [4.69, 9.17) is 15.2 Å². The zero-order valence-corrected chi connectivity index (χ0v) is 8.86. The number of benzene rings is 1. The van der Waals surface area contributed by atoms with E-state index in [-0.39, 0.29) is 10.8 Å². The van der Waals surface area contributed by atoms with Crippen LogP contribution in [0.5, 0.6) is 0 Å². The smallest absolute Gasteiger partial charge is 0.261 e. The van der Waals surface area contributed by atoms with Crippen molar-refractivity contribution in [3.05, 3.63) is 30.6 Å². The topological polar surface area (TPSA) is 73.1 Å². The van der Waals surface area contributed by atoms with Gasteiger partial charge in [0.2, 0.25) is 0 Å². The molecule has 0 spiro atoms. The lowest BCUT2D eigenvalue weighted by Crippen LogP contribution is -1.90. The second kappa shape index (κ2) is 3.63. The number of hydrogen-bond acceptors (Lipinski definition) is 5. The maximum atomic E-state index is 11.1. The first kappa shape index (κ1) is 10.1. The number of halogens is 1. The molecule has 0 saturated carbocycles. The van der Waals surface area contributed by atoms with Gasteiger partial charge in [-0.05, 0) is 18.2 Å². The van der Waals surface area contributed by atoms with Crippen LogP contribution in [-0.4, -0.2) is 18.6 Å². The third-order valence-electron chi connectivity index (χ3n) is 1.72. The minimum absolute atomic E-state index is 0.000123. The summed E-state index contributed by atoms with van der Waals surface area (Å²) in [5, 5.41) is 3.42. The Morgan fingerprint density at radius 2 is 2.13 bits per heavy atom. The molecule has 0 atom stereocenters. The quantitative estimate of drug-likeness (QED) is 0.752. The fourth-order valence-electron chi connectivity index (χ4n) is 1.08. The molecule has 0 bridgehead atoms. The van der Waals surface area contributed by atoms with E-state index >= 15 is 0 Å². The van der Waals surface area contributed by atoms with Crippen LogP contribution in [0.2, 0.25) is 0 Å². The van der Waals surface area contributed by atoms with E-state index in [9.17, 15) is 8.42 Å². The van der Waals surface area contributed by atoms with Crippen LogP contribution in [-0.2, 0) is 9.05 Å². The lowest BCUT2D eigenvalue weighted by Gasteiger charge is -1.97. The van der Waals surface area contributed by atoms with Crippen LogP contribution in [0.15, 0.2) is 40.0 Å². The summed E-state index contributed by atoms with van der Waals surface area (Å²) in [5.74, 6) is 0.247. The van der Waals surface area contributed by atoms with Gasteiger partial charge < -0.3 is 4.52 Å². The number of rotatable bonds is 2. The van der Waals surface area contributed by atoms with E-state index in [1.807, 2.05) is 0 Å². The fourth-order valence-corrected chi connectivity index (χ4v) is 1.88. The zero-order valence-electron chi connectivity index (χ0n) is 7.29. The Hall–Kier alpha value is -1.40. The molecule has 2 aromatic rings. The highest BCUT2D eigenvalue weighted by Gasteiger charge is 2.12. The molecule has 0 N–H and O–H groups in total. The van der Waals surface area contributed by atoms with Gasteiger partial charge in [0.05, 0.1) is 4.90 Å². The zero-order chi connectivity index (χ0) is 10.9. The van der Waals surface area contributed by atoms with Crippen LogP contribution in [0.3, 0.4) is 0 Å². The van der Waals surface area contributed by atoms with Gasteiger partial charge in [-0.3, -0.25) is 0 Å². The van der Waals surface area contributed by atoms with E-state index in [2.05, 4.69) is 10.1 Å². The molecule has 0 aliphatic carbocycles. The second-order valence-electron chi connectivity index (χ2n) is 2.71. The standard InChI is InChI=1S/C8H5ClN2O3S/c9-15(12,13)7-3-1-2-6(4-7)8-10-5-11-14-8/h1-5H. The van der Waals surface area contributed by atoms with Crippen molar-refractivity contribution in [1.29, 1.82) is 0 Å². The number of aromatic nitrogens is 2. The van der Waals surface area contributed by atoms with Crippen molar-refractivity contribution in [2.75, 3.05) is 0 Å². The lowest BCUT2D eigenvalue weighted by molar-refractivity contribution is 0.430. The maximum absolute atomic E-state index is 11.1. The Labute approximate surface area is 90.1 Å². The Morgan fingerprint density at radius 3 is 2.73 bits per heavy atom. The van der Waals surface area contributed by atoms with Gasteiger partial charge in [0.25, 0.3) is 14.9 Å². The lowest BCUT2D eigenvalue weighted by atomic mass is 10.2. The first-order chi connectivity index (χ1) is 7.07. The molecule has 5 nitrogen and oxygen atoms in total. The van der Waals surface area contributed by atoms with Gasteiger partial charge >= 0.3 is 0 Å². The second-order valence-corrected chi connectivity index (χ2v) is 5.28. The Balaban J connectivity index is 2.53. The molecule has 0 aliphatic heterocycles. The Bertz CT molecular complexity index is 565. The van der Waals surface area contributed by atoms with Crippen molar-refractivity contribution < 1.29 is 12.9 Å². The van der Waals surface area contributed by atoms with Gasteiger partial charge in [0.1, 0.15) is 0 Å². The molecule has 0 fully saturated rings. The molecule has 0 unspecified atom stereocenters. The summed E-state index contributed by atoms with van der Waals surface area (Å²) in [4.78, 5) is 3.79. The average molecular weight is 245 g/mol. The largest absolute Gasteiger partial charge is 0.334 e. The first-order valence-corrected chi connectivity index (χ1v) is 6.20. The minimum atomic E-state index is -3.73. The van der Waals surface area contributed by atoms with E-state index < -0.39 is 9.05 Å². The fraction of sp³-hybridized carbons (Fsp3) is 0. The minimum Gasteiger partial charge on any atom is -0.334 e. The SMILES string of the molecule is O=S(=O)(Cl)c1cccc(-c2ncno2)c1. The molecule has 15 heavy (non-hydrogen) atoms. The van der Waals surface area contributed by atoms with Crippen molar-refractivity contribution in [2.24, 2.45) is 0 Å². The predicted octanol–water partition coefficient (Wildman–Crippen LogP) is 1.66. The highest BCUT2D eigenvalue weighted by atomic mass is 35.7. The number of nitrogens with zero attached hydrogens (tertiary/aromatic N) is 2. The first-order valence-electron chi connectivity index (χ1n) is 3.89. The summed E-state index contributed by atoms with van der Waals surface area (Å²) in [5.41, 5.74) is 0.509. The third-order valence-corrected chi connectivity index (χ3v) is 3.08. The molecule has 0 saturated heterocycles. The van der Waals surface area contributed by atoms with Crippen molar-refractivity contribution in [3.63, 3.8) is 0 Å². The van der Waals surface area contributed by atoms with Gasteiger partial charge in [-0.1, -0.05) is 11.2 Å². The Kier molecular flexibility index (Phi) is 2.45. The van der Waals surface area contributed by atoms with Crippen molar-refractivity contribution in [3.8, 4) is 11.5 Å². The molecule has 1 aromatic heterocycles. The van der Waals surface area contributed by atoms with Crippen LogP contribution in [0, 0.1) is 0 Å². The summed E-state index contributed by atoms with van der Waals surface area (Å²) in [7, 11) is 1.46.